The molecule has 0 amide bonds. The second-order valence-electron chi connectivity index (χ2n) is 8.15. The van der Waals surface area contributed by atoms with Gasteiger partial charge in [-0.3, -0.25) is 0 Å². The molecule has 0 saturated carbocycles. The standard InChI is InChI=1S/C19H26F2O2/c1-12(2)19-7-6-18(5,23-19)16(17(19,3)4)22-11-13-8-14(20)10-15(21)9-13/h8-10,12,16H,6-7,11H2,1-5H3. The highest BCUT2D eigenvalue weighted by Gasteiger charge is 2.70. The molecule has 2 saturated heterocycles. The van der Waals surface area contributed by atoms with Crippen molar-refractivity contribution in [3.05, 3.63) is 35.4 Å². The number of benzene rings is 1. The second-order valence-corrected chi connectivity index (χ2v) is 8.15. The van der Waals surface area contributed by atoms with Crippen LogP contribution in [0.3, 0.4) is 0 Å². The third kappa shape index (κ3) is 2.42. The highest BCUT2D eigenvalue weighted by Crippen LogP contribution is 2.64. The van der Waals surface area contributed by atoms with Crippen molar-refractivity contribution in [3.8, 4) is 0 Å². The van der Waals surface area contributed by atoms with Gasteiger partial charge in [-0.05, 0) is 43.4 Å². The Morgan fingerprint density at radius 3 is 2.26 bits per heavy atom. The van der Waals surface area contributed by atoms with E-state index in [2.05, 4.69) is 34.6 Å². The summed E-state index contributed by atoms with van der Waals surface area (Å²) >= 11 is 0. The summed E-state index contributed by atoms with van der Waals surface area (Å²) in [6.07, 6.45) is 1.89. The fourth-order valence-electron chi connectivity index (χ4n) is 4.98. The van der Waals surface area contributed by atoms with Crippen LogP contribution in [-0.4, -0.2) is 17.3 Å². The van der Waals surface area contributed by atoms with Crippen LogP contribution in [0.2, 0.25) is 0 Å². The molecule has 4 heteroatoms. The molecule has 128 valence electrons. The third-order valence-electron chi connectivity index (χ3n) is 5.98. The lowest BCUT2D eigenvalue weighted by Gasteiger charge is -2.46. The fourth-order valence-corrected chi connectivity index (χ4v) is 4.98. The molecule has 0 spiro atoms. The monoisotopic (exact) mass is 324 g/mol. The van der Waals surface area contributed by atoms with Gasteiger partial charge in [0.15, 0.2) is 0 Å². The van der Waals surface area contributed by atoms with Crippen LogP contribution >= 0.6 is 0 Å². The highest BCUT2D eigenvalue weighted by atomic mass is 19.1. The lowest BCUT2D eigenvalue weighted by Crippen LogP contribution is -2.53. The summed E-state index contributed by atoms with van der Waals surface area (Å²) in [6.45, 7) is 11.1. The van der Waals surface area contributed by atoms with Crippen LogP contribution in [0, 0.1) is 23.0 Å². The first kappa shape index (κ1) is 16.8. The van der Waals surface area contributed by atoms with Crippen LogP contribution in [0.5, 0.6) is 0 Å². The quantitative estimate of drug-likeness (QED) is 0.788. The van der Waals surface area contributed by atoms with Crippen molar-refractivity contribution in [3.63, 3.8) is 0 Å². The van der Waals surface area contributed by atoms with E-state index in [1.54, 1.807) is 0 Å². The van der Waals surface area contributed by atoms with Gasteiger partial charge in [0.05, 0.1) is 23.9 Å². The van der Waals surface area contributed by atoms with Crippen molar-refractivity contribution in [2.75, 3.05) is 0 Å². The topological polar surface area (TPSA) is 18.5 Å². The molecule has 0 N–H and O–H groups in total. The van der Waals surface area contributed by atoms with E-state index < -0.39 is 11.6 Å². The molecule has 0 radical (unpaired) electrons. The van der Waals surface area contributed by atoms with Gasteiger partial charge in [0, 0.05) is 11.5 Å². The van der Waals surface area contributed by atoms with Crippen molar-refractivity contribution in [1.29, 1.82) is 0 Å². The van der Waals surface area contributed by atoms with Crippen LogP contribution in [0.1, 0.15) is 53.0 Å². The van der Waals surface area contributed by atoms with E-state index in [0.717, 1.165) is 18.9 Å². The Balaban J connectivity index is 1.83. The zero-order chi connectivity index (χ0) is 17.0. The molecule has 2 aliphatic rings. The van der Waals surface area contributed by atoms with Gasteiger partial charge in [-0.25, -0.2) is 8.78 Å². The number of halogens is 2. The van der Waals surface area contributed by atoms with Gasteiger partial charge in [0.25, 0.3) is 0 Å². The van der Waals surface area contributed by atoms with Crippen molar-refractivity contribution in [2.45, 2.75) is 71.4 Å². The Bertz CT molecular complexity index is 593. The van der Waals surface area contributed by atoms with Gasteiger partial charge in [-0.2, -0.15) is 0 Å². The van der Waals surface area contributed by atoms with Crippen LogP contribution < -0.4 is 0 Å². The molecule has 1 aromatic rings. The number of ether oxygens (including phenoxy) is 2. The van der Waals surface area contributed by atoms with E-state index in [-0.39, 0.29) is 29.3 Å². The minimum atomic E-state index is -0.572. The Morgan fingerprint density at radius 1 is 1.13 bits per heavy atom. The molecule has 2 fully saturated rings. The minimum absolute atomic E-state index is 0.0996. The Labute approximate surface area is 137 Å². The van der Waals surface area contributed by atoms with Crippen molar-refractivity contribution < 1.29 is 18.3 Å². The maximum absolute atomic E-state index is 13.4. The zero-order valence-corrected chi connectivity index (χ0v) is 14.6. The molecule has 2 heterocycles. The molecule has 2 aliphatic heterocycles. The average Bonchev–Trinajstić information content (AvgIpc) is 2.84. The number of hydrogen-bond donors (Lipinski definition) is 0. The zero-order valence-electron chi connectivity index (χ0n) is 14.6. The van der Waals surface area contributed by atoms with Gasteiger partial charge in [-0.1, -0.05) is 27.7 Å². The lowest BCUT2D eigenvalue weighted by molar-refractivity contribution is -0.0974. The van der Waals surface area contributed by atoms with E-state index in [0.29, 0.717) is 11.5 Å². The van der Waals surface area contributed by atoms with Gasteiger partial charge < -0.3 is 9.47 Å². The van der Waals surface area contributed by atoms with Crippen LogP contribution in [-0.2, 0) is 16.1 Å². The molecule has 2 bridgehead atoms. The van der Waals surface area contributed by atoms with E-state index in [4.69, 9.17) is 9.47 Å². The molecular formula is C19H26F2O2. The fraction of sp³-hybridized carbons (Fsp3) is 0.684. The largest absolute Gasteiger partial charge is 0.370 e. The van der Waals surface area contributed by atoms with E-state index in [9.17, 15) is 8.78 Å². The Hall–Kier alpha value is -1.00. The summed E-state index contributed by atoms with van der Waals surface area (Å²) in [5.41, 5.74) is -0.164. The molecule has 1 aromatic carbocycles. The number of rotatable bonds is 4. The van der Waals surface area contributed by atoms with E-state index in [1.807, 2.05) is 0 Å². The van der Waals surface area contributed by atoms with Crippen molar-refractivity contribution in [1.82, 2.24) is 0 Å². The van der Waals surface area contributed by atoms with Gasteiger partial charge in [0.1, 0.15) is 11.6 Å². The summed E-state index contributed by atoms with van der Waals surface area (Å²) in [5.74, 6) is -0.756. The first-order valence-electron chi connectivity index (χ1n) is 8.37. The van der Waals surface area contributed by atoms with Crippen LogP contribution in [0.25, 0.3) is 0 Å². The molecule has 3 atom stereocenters. The molecule has 23 heavy (non-hydrogen) atoms. The lowest BCUT2D eigenvalue weighted by atomic mass is 9.59. The maximum atomic E-state index is 13.4. The average molecular weight is 324 g/mol. The van der Waals surface area contributed by atoms with Gasteiger partial charge in [-0.15, -0.1) is 0 Å². The van der Waals surface area contributed by atoms with Crippen LogP contribution in [0.4, 0.5) is 8.78 Å². The molecule has 2 nitrogen and oxygen atoms in total. The number of fused-ring (bicyclic) bond motifs is 2. The summed E-state index contributed by atoms with van der Waals surface area (Å²) in [7, 11) is 0. The van der Waals surface area contributed by atoms with Crippen molar-refractivity contribution in [2.24, 2.45) is 11.3 Å². The predicted molar refractivity (Wildman–Crippen MR) is 85.0 cm³/mol. The van der Waals surface area contributed by atoms with E-state index >= 15 is 0 Å². The summed E-state index contributed by atoms with van der Waals surface area (Å²) in [5, 5.41) is 0. The predicted octanol–water partition coefficient (Wildman–Crippen LogP) is 4.85. The minimum Gasteiger partial charge on any atom is -0.370 e. The number of hydrogen-bond acceptors (Lipinski definition) is 2. The first-order chi connectivity index (χ1) is 10.6. The van der Waals surface area contributed by atoms with Gasteiger partial charge in [0.2, 0.25) is 0 Å². The maximum Gasteiger partial charge on any atom is 0.126 e. The van der Waals surface area contributed by atoms with Crippen LogP contribution in [0.15, 0.2) is 18.2 Å². The summed E-state index contributed by atoms with van der Waals surface area (Å²) < 4.78 is 39.4. The molecule has 0 aromatic heterocycles. The smallest absolute Gasteiger partial charge is 0.126 e. The SMILES string of the molecule is CC(C)C12CCC(C)(O1)C(OCc1cc(F)cc(F)c1)C2(C)C. The Kier molecular flexibility index (Phi) is 3.84. The Morgan fingerprint density at radius 2 is 1.74 bits per heavy atom. The highest BCUT2D eigenvalue weighted by molar-refractivity contribution is 5.21. The molecule has 0 aliphatic carbocycles. The summed E-state index contributed by atoms with van der Waals surface area (Å²) in [6, 6.07) is 3.53. The van der Waals surface area contributed by atoms with E-state index in [1.165, 1.54) is 12.1 Å². The summed E-state index contributed by atoms with van der Waals surface area (Å²) in [4.78, 5) is 0. The molecule has 3 unspecified atom stereocenters. The second kappa shape index (κ2) is 5.25. The molecule has 3 rings (SSSR count). The normalized spacial score (nSPS) is 35.2. The van der Waals surface area contributed by atoms with Crippen molar-refractivity contribution >= 4 is 0 Å². The van der Waals surface area contributed by atoms with Gasteiger partial charge >= 0.3 is 0 Å². The molecular weight excluding hydrogens is 298 g/mol. The first-order valence-corrected chi connectivity index (χ1v) is 8.37. The third-order valence-corrected chi connectivity index (χ3v) is 5.98.